The standard InChI is InChI=1S/C16H16N2O/c1-10(2)11-3-5-12(6-4-11)16-18-14-9-13(17)7-8-15(14)19-16/h3-10H,17H2,1-2H3. The molecule has 1 aromatic heterocycles. The molecule has 0 radical (unpaired) electrons. The van der Waals surface area contributed by atoms with E-state index in [9.17, 15) is 0 Å². The number of nitrogens with two attached hydrogens (primary N) is 1. The normalized spacial score (nSPS) is 11.3. The molecule has 0 aliphatic carbocycles. The summed E-state index contributed by atoms with van der Waals surface area (Å²) in [6, 6.07) is 13.8. The van der Waals surface area contributed by atoms with Crippen LogP contribution in [0.15, 0.2) is 46.9 Å². The Bertz CT molecular complexity index is 711. The third-order valence-electron chi connectivity index (χ3n) is 3.24. The first-order chi connectivity index (χ1) is 9.13. The van der Waals surface area contributed by atoms with Gasteiger partial charge in [-0.1, -0.05) is 26.0 Å². The summed E-state index contributed by atoms with van der Waals surface area (Å²) in [6.45, 7) is 4.36. The Labute approximate surface area is 112 Å². The second-order valence-electron chi connectivity index (χ2n) is 5.02. The molecule has 0 saturated heterocycles. The van der Waals surface area contributed by atoms with Crippen LogP contribution in [0.4, 0.5) is 5.69 Å². The van der Waals surface area contributed by atoms with Crippen molar-refractivity contribution < 1.29 is 4.42 Å². The summed E-state index contributed by atoms with van der Waals surface area (Å²) in [4.78, 5) is 4.47. The first kappa shape index (κ1) is 11.8. The lowest BCUT2D eigenvalue weighted by Crippen LogP contribution is -1.86. The van der Waals surface area contributed by atoms with E-state index in [0.29, 0.717) is 17.5 Å². The van der Waals surface area contributed by atoms with E-state index in [2.05, 4.69) is 31.0 Å². The van der Waals surface area contributed by atoms with Crippen LogP contribution in [0.5, 0.6) is 0 Å². The van der Waals surface area contributed by atoms with Gasteiger partial charge in [0.25, 0.3) is 0 Å². The zero-order valence-electron chi connectivity index (χ0n) is 11.1. The number of rotatable bonds is 2. The topological polar surface area (TPSA) is 52.0 Å². The Hall–Kier alpha value is -2.29. The van der Waals surface area contributed by atoms with Crippen LogP contribution in [0, 0.1) is 0 Å². The lowest BCUT2D eigenvalue weighted by atomic mass is 10.0. The van der Waals surface area contributed by atoms with Crippen molar-refractivity contribution in [3.05, 3.63) is 48.0 Å². The number of nitrogen functional groups attached to an aromatic ring is 1. The fraction of sp³-hybridized carbons (Fsp3) is 0.188. The van der Waals surface area contributed by atoms with Crippen LogP contribution in [-0.2, 0) is 0 Å². The van der Waals surface area contributed by atoms with Gasteiger partial charge in [0, 0.05) is 11.3 Å². The van der Waals surface area contributed by atoms with Crippen LogP contribution >= 0.6 is 0 Å². The molecule has 0 atom stereocenters. The quantitative estimate of drug-likeness (QED) is 0.695. The number of hydrogen-bond acceptors (Lipinski definition) is 3. The van der Waals surface area contributed by atoms with E-state index in [4.69, 9.17) is 10.2 Å². The van der Waals surface area contributed by atoms with Gasteiger partial charge in [-0.2, -0.15) is 0 Å². The summed E-state index contributed by atoms with van der Waals surface area (Å²) >= 11 is 0. The molecule has 3 nitrogen and oxygen atoms in total. The van der Waals surface area contributed by atoms with Crippen molar-refractivity contribution >= 4 is 16.8 Å². The molecule has 0 unspecified atom stereocenters. The molecular formula is C16H16N2O. The number of aromatic nitrogens is 1. The lowest BCUT2D eigenvalue weighted by molar-refractivity contribution is 0.620. The van der Waals surface area contributed by atoms with Crippen molar-refractivity contribution in [2.24, 2.45) is 0 Å². The molecule has 0 saturated carbocycles. The largest absolute Gasteiger partial charge is 0.436 e. The molecule has 1 heterocycles. The van der Waals surface area contributed by atoms with Crippen LogP contribution in [0.25, 0.3) is 22.6 Å². The summed E-state index contributed by atoms with van der Waals surface area (Å²) in [5, 5.41) is 0. The van der Waals surface area contributed by atoms with Gasteiger partial charge in [-0.05, 0) is 41.8 Å². The van der Waals surface area contributed by atoms with Crippen LogP contribution in [0.2, 0.25) is 0 Å². The second-order valence-corrected chi connectivity index (χ2v) is 5.02. The number of benzene rings is 2. The maximum Gasteiger partial charge on any atom is 0.227 e. The van der Waals surface area contributed by atoms with Crippen molar-refractivity contribution in [3.63, 3.8) is 0 Å². The molecule has 2 N–H and O–H groups in total. The first-order valence-electron chi connectivity index (χ1n) is 6.40. The fourth-order valence-corrected chi connectivity index (χ4v) is 2.08. The maximum atomic E-state index is 5.74. The number of hydrogen-bond donors (Lipinski definition) is 1. The third-order valence-corrected chi connectivity index (χ3v) is 3.24. The van der Waals surface area contributed by atoms with Crippen molar-refractivity contribution in [2.45, 2.75) is 19.8 Å². The molecule has 3 rings (SSSR count). The molecule has 3 aromatic rings. The van der Waals surface area contributed by atoms with Crippen molar-refractivity contribution in [1.82, 2.24) is 4.98 Å². The van der Waals surface area contributed by atoms with Gasteiger partial charge in [-0.15, -0.1) is 0 Å². The SMILES string of the molecule is CC(C)c1ccc(-c2nc3cc(N)ccc3o2)cc1. The monoisotopic (exact) mass is 252 g/mol. The van der Waals surface area contributed by atoms with E-state index in [1.165, 1.54) is 5.56 Å². The number of nitrogens with zero attached hydrogens (tertiary/aromatic N) is 1. The summed E-state index contributed by atoms with van der Waals surface area (Å²) in [7, 11) is 0. The predicted molar refractivity (Wildman–Crippen MR) is 77.9 cm³/mol. The Morgan fingerprint density at radius 3 is 2.47 bits per heavy atom. The number of fused-ring (bicyclic) bond motifs is 1. The smallest absolute Gasteiger partial charge is 0.227 e. The van der Waals surface area contributed by atoms with Gasteiger partial charge in [0.15, 0.2) is 5.58 Å². The van der Waals surface area contributed by atoms with Crippen LogP contribution in [0.3, 0.4) is 0 Å². The fourth-order valence-electron chi connectivity index (χ4n) is 2.08. The van der Waals surface area contributed by atoms with Crippen molar-refractivity contribution in [3.8, 4) is 11.5 Å². The van der Waals surface area contributed by atoms with Gasteiger partial charge in [0.2, 0.25) is 5.89 Å². The molecule has 96 valence electrons. The number of anilines is 1. The summed E-state index contributed by atoms with van der Waals surface area (Å²) in [6.07, 6.45) is 0. The molecule has 19 heavy (non-hydrogen) atoms. The van der Waals surface area contributed by atoms with Gasteiger partial charge < -0.3 is 10.2 Å². The Kier molecular flexibility index (Phi) is 2.75. The zero-order valence-corrected chi connectivity index (χ0v) is 11.1. The Morgan fingerprint density at radius 2 is 1.79 bits per heavy atom. The van der Waals surface area contributed by atoms with E-state index < -0.39 is 0 Å². The minimum Gasteiger partial charge on any atom is -0.436 e. The third kappa shape index (κ3) is 2.19. The zero-order chi connectivity index (χ0) is 13.4. The van der Waals surface area contributed by atoms with E-state index in [0.717, 1.165) is 16.7 Å². The van der Waals surface area contributed by atoms with E-state index >= 15 is 0 Å². The summed E-state index contributed by atoms with van der Waals surface area (Å²) in [5.41, 5.74) is 10.3. The number of oxazole rings is 1. The second kappa shape index (κ2) is 4.43. The minimum atomic E-state index is 0.525. The molecule has 0 amide bonds. The highest BCUT2D eigenvalue weighted by Gasteiger charge is 2.08. The molecule has 0 aliphatic rings. The van der Waals surface area contributed by atoms with Crippen LogP contribution in [-0.4, -0.2) is 4.98 Å². The Balaban J connectivity index is 2.03. The first-order valence-corrected chi connectivity index (χ1v) is 6.40. The average Bonchev–Trinajstić information content (AvgIpc) is 2.81. The predicted octanol–water partition coefficient (Wildman–Crippen LogP) is 4.20. The molecule has 2 aromatic carbocycles. The highest BCUT2D eigenvalue weighted by Crippen LogP contribution is 2.26. The molecule has 0 spiro atoms. The van der Waals surface area contributed by atoms with Gasteiger partial charge in [0.1, 0.15) is 5.52 Å². The van der Waals surface area contributed by atoms with Crippen LogP contribution < -0.4 is 5.73 Å². The molecule has 0 aliphatic heterocycles. The van der Waals surface area contributed by atoms with Gasteiger partial charge in [-0.3, -0.25) is 0 Å². The van der Waals surface area contributed by atoms with Crippen molar-refractivity contribution in [2.75, 3.05) is 5.73 Å². The van der Waals surface area contributed by atoms with Gasteiger partial charge in [-0.25, -0.2) is 4.98 Å². The Morgan fingerprint density at radius 1 is 1.05 bits per heavy atom. The molecule has 3 heteroatoms. The lowest BCUT2D eigenvalue weighted by Gasteiger charge is -2.04. The maximum absolute atomic E-state index is 5.74. The summed E-state index contributed by atoms with van der Waals surface area (Å²) in [5.74, 6) is 1.16. The van der Waals surface area contributed by atoms with E-state index in [1.807, 2.05) is 30.3 Å². The van der Waals surface area contributed by atoms with Gasteiger partial charge >= 0.3 is 0 Å². The van der Waals surface area contributed by atoms with E-state index in [1.54, 1.807) is 0 Å². The summed E-state index contributed by atoms with van der Waals surface area (Å²) < 4.78 is 5.74. The highest BCUT2D eigenvalue weighted by atomic mass is 16.3. The molecular weight excluding hydrogens is 236 g/mol. The highest BCUT2D eigenvalue weighted by molar-refractivity contribution is 5.79. The van der Waals surface area contributed by atoms with Crippen molar-refractivity contribution in [1.29, 1.82) is 0 Å². The average molecular weight is 252 g/mol. The van der Waals surface area contributed by atoms with Crippen LogP contribution in [0.1, 0.15) is 25.3 Å². The minimum absolute atomic E-state index is 0.525. The van der Waals surface area contributed by atoms with Gasteiger partial charge in [0.05, 0.1) is 0 Å². The van der Waals surface area contributed by atoms with E-state index in [-0.39, 0.29) is 0 Å². The molecule has 0 bridgehead atoms. The molecule has 0 fully saturated rings.